The van der Waals surface area contributed by atoms with Gasteiger partial charge in [0.25, 0.3) is 0 Å². The van der Waals surface area contributed by atoms with Crippen molar-refractivity contribution in [3.8, 4) is 0 Å². The van der Waals surface area contributed by atoms with E-state index in [1.54, 1.807) is 24.3 Å². The molecule has 5 nitrogen and oxygen atoms in total. The van der Waals surface area contributed by atoms with Crippen molar-refractivity contribution in [1.82, 2.24) is 5.23 Å². The maximum Gasteiger partial charge on any atom is 0.330 e. The molecule has 1 aromatic rings. The maximum absolute atomic E-state index is 11.1. The second-order valence-corrected chi connectivity index (χ2v) is 2.80. The Kier molecular flexibility index (Phi) is 4.23. The Labute approximate surface area is 87.7 Å². The predicted octanol–water partition coefficient (Wildman–Crippen LogP) is 1.24. The molecular formula is C10H13NO4. The van der Waals surface area contributed by atoms with E-state index in [4.69, 9.17) is 14.8 Å². The summed E-state index contributed by atoms with van der Waals surface area (Å²) >= 11 is 0. The van der Waals surface area contributed by atoms with Crippen LogP contribution < -0.4 is 0 Å². The molecule has 0 aromatic heterocycles. The molecule has 0 heterocycles. The zero-order chi connectivity index (χ0) is 11.3. The van der Waals surface area contributed by atoms with Crippen LogP contribution in [0.2, 0.25) is 0 Å². The minimum Gasteiger partial charge on any atom is -0.480 e. The Morgan fingerprint density at radius 3 is 2.20 bits per heavy atom. The van der Waals surface area contributed by atoms with Gasteiger partial charge in [0.05, 0.1) is 14.2 Å². The van der Waals surface area contributed by atoms with Crippen molar-refractivity contribution < 1.29 is 19.6 Å². The van der Waals surface area contributed by atoms with E-state index in [1.807, 2.05) is 6.07 Å². The Morgan fingerprint density at radius 1 is 1.27 bits per heavy atom. The Hall–Kier alpha value is -1.43. The first kappa shape index (κ1) is 11.6. The van der Waals surface area contributed by atoms with Crippen molar-refractivity contribution >= 4 is 5.97 Å². The van der Waals surface area contributed by atoms with Crippen LogP contribution in [0.25, 0.3) is 0 Å². The summed E-state index contributed by atoms with van der Waals surface area (Å²) in [5.41, 5.74) is 0.591. The lowest BCUT2D eigenvalue weighted by Gasteiger charge is -2.23. The number of carbonyl (C=O) groups is 1. The fourth-order valence-corrected chi connectivity index (χ4v) is 1.28. The highest BCUT2D eigenvalue weighted by atomic mass is 16.9. The molecule has 1 rings (SSSR count). The number of hydrogen-bond acceptors (Lipinski definition) is 4. The Balaban J connectivity index is 2.97. The standard InChI is InChI=1S/C10H13NO4/c1-14-11(15-2)9(10(12)13)8-6-4-3-5-7-8/h3-7,9H,1-2H3,(H,12,13). The molecular weight excluding hydrogens is 198 g/mol. The number of carboxylic acids is 1. The summed E-state index contributed by atoms with van der Waals surface area (Å²) < 4.78 is 0. The third-order valence-electron chi connectivity index (χ3n) is 1.92. The van der Waals surface area contributed by atoms with Gasteiger partial charge in [0, 0.05) is 0 Å². The van der Waals surface area contributed by atoms with Crippen LogP contribution in [-0.2, 0) is 14.5 Å². The molecule has 0 saturated carbocycles. The monoisotopic (exact) mass is 211 g/mol. The number of aliphatic carboxylic acids is 1. The second-order valence-electron chi connectivity index (χ2n) is 2.80. The van der Waals surface area contributed by atoms with Gasteiger partial charge in [-0.1, -0.05) is 30.3 Å². The average molecular weight is 211 g/mol. The fourth-order valence-electron chi connectivity index (χ4n) is 1.28. The molecule has 0 aliphatic rings. The topological polar surface area (TPSA) is 59.0 Å². The van der Waals surface area contributed by atoms with Gasteiger partial charge in [-0.3, -0.25) is 9.68 Å². The van der Waals surface area contributed by atoms with Crippen molar-refractivity contribution in [2.24, 2.45) is 0 Å². The highest BCUT2D eigenvalue weighted by Gasteiger charge is 2.28. The number of carboxylic acid groups (broad SMARTS) is 1. The van der Waals surface area contributed by atoms with Gasteiger partial charge < -0.3 is 5.11 Å². The normalized spacial score (nSPS) is 12.7. The van der Waals surface area contributed by atoms with Gasteiger partial charge >= 0.3 is 5.97 Å². The summed E-state index contributed by atoms with van der Waals surface area (Å²) in [6, 6.07) is 7.75. The molecule has 0 fully saturated rings. The van der Waals surface area contributed by atoms with Crippen molar-refractivity contribution in [2.75, 3.05) is 14.2 Å². The number of rotatable bonds is 5. The van der Waals surface area contributed by atoms with Crippen molar-refractivity contribution in [3.05, 3.63) is 35.9 Å². The summed E-state index contributed by atoms with van der Waals surface area (Å²) in [4.78, 5) is 20.7. The summed E-state index contributed by atoms with van der Waals surface area (Å²) in [7, 11) is 2.70. The minimum atomic E-state index is -1.04. The molecule has 0 saturated heterocycles. The van der Waals surface area contributed by atoms with Crippen molar-refractivity contribution in [1.29, 1.82) is 0 Å². The molecule has 0 aliphatic carbocycles. The molecule has 0 bridgehead atoms. The van der Waals surface area contributed by atoms with Gasteiger partial charge in [0.15, 0.2) is 6.04 Å². The first-order valence-corrected chi connectivity index (χ1v) is 4.36. The van der Waals surface area contributed by atoms with Gasteiger partial charge in [-0.05, 0) is 10.8 Å². The van der Waals surface area contributed by atoms with Crippen molar-refractivity contribution in [2.45, 2.75) is 6.04 Å². The predicted molar refractivity (Wildman–Crippen MR) is 52.7 cm³/mol. The number of nitrogens with zero attached hydrogens (tertiary/aromatic N) is 1. The quantitative estimate of drug-likeness (QED) is 0.742. The lowest BCUT2D eigenvalue weighted by molar-refractivity contribution is -0.362. The van der Waals surface area contributed by atoms with Gasteiger partial charge in [-0.25, -0.2) is 4.79 Å². The van der Waals surface area contributed by atoms with E-state index in [-0.39, 0.29) is 0 Å². The lowest BCUT2D eigenvalue weighted by Crippen LogP contribution is -2.32. The first-order chi connectivity index (χ1) is 7.20. The molecule has 0 spiro atoms. The second kappa shape index (κ2) is 5.45. The van der Waals surface area contributed by atoms with Crippen LogP contribution in [-0.4, -0.2) is 30.5 Å². The highest BCUT2D eigenvalue weighted by molar-refractivity contribution is 5.75. The van der Waals surface area contributed by atoms with Gasteiger partial charge in [0.1, 0.15) is 0 Å². The largest absolute Gasteiger partial charge is 0.480 e. The van der Waals surface area contributed by atoms with E-state index >= 15 is 0 Å². The van der Waals surface area contributed by atoms with Gasteiger partial charge in [0.2, 0.25) is 0 Å². The summed E-state index contributed by atoms with van der Waals surface area (Å²) in [5, 5.41) is 9.99. The van der Waals surface area contributed by atoms with Crippen molar-refractivity contribution in [3.63, 3.8) is 0 Å². The molecule has 1 atom stereocenters. The lowest BCUT2D eigenvalue weighted by atomic mass is 10.1. The van der Waals surface area contributed by atoms with E-state index in [2.05, 4.69) is 0 Å². The zero-order valence-corrected chi connectivity index (χ0v) is 8.58. The first-order valence-electron chi connectivity index (χ1n) is 4.36. The summed E-state index contributed by atoms with van der Waals surface area (Å²) in [5.74, 6) is -1.04. The maximum atomic E-state index is 11.1. The number of hydroxylamine groups is 2. The Morgan fingerprint density at radius 2 is 1.80 bits per heavy atom. The number of benzene rings is 1. The molecule has 1 N–H and O–H groups in total. The fraction of sp³-hybridized carbons (Fsp3) is 0.300. The highest BCUT2D eigenvalue weighted by Crippen LogP contribution is 2.20. The summed E-state index contributed by atoms with van der Waals surface area (Å²) in [6.07, 6.45) is 0. The van der Waals surface area contributed by atoms with E-state index in [9.17, 15) is 4.79 Å². The molecule has 82 valence electrons. The third kappa shape index (κ3) is 2.76. The van der Waals surface area contributed by atoms with Crippen LogP contribution in [0.5, 0.6) is 0 Å². The van der Waals surface area contributed by atoms with Crippen LogP contribution in [0.3, 0.4) is 0 Å². The SMILES string of the molecule is CON(OC)C(C(=O)O)c1ccccc1. The molecule has 15 heavy (non-hydrogen) atoms. The van der Waals surface area contributed by atoms with Crippen LogP contribution in [0.1, 0.15) is 11.6 Å². The third-order valence-corrected chi connectivity index (χ3v) is 1.92. The zero-order valence-electron chi connectivity index (χ0n) is 8.58. The molecule has 0 aliphatic heterocycles. The minimum absolute atomic E-state index is 0.591. The van der Waals surface area contributed by atoms with Crippen LogP contribution in [0, 0.1) is 0 Å². The molecule has 0 radical (unpaired) electrons. The van der Waals surface area contributed by atoms with Gasteiger partial charge in [-0.2, -0.15) is 0 Å². The number of hydrogen-bond donors (Lipinski definition) is 1. The van der Waals surface area contributed by atoms with E-state index in [1.165, 1.54) is 14.2 Å². The molecule has 5 heteroatoms. The Bertz CT molecular complexity index is 310. The molecule has 0 amide bonds. The molecule has 1 aromatic carbocycles. The van der Waals surface area contributed by atoms with Crippen LogP contribution >= 0.6 is 0 Å². The van der Waals surface area contributed by atoms with E-state index in [0.29, 0.717) is 5.56 Å². The molecule has 1 unspecified atom stereocenters. The average Bonchev–Trinajstić information content (AvgIpc) is 2.26. The van der Waals surface area contributed by atoms with Crippen LogP contribution in [0.4, 0.5) is 0 Å². The van der Waals surface area contributed by atoms with Crippen LogP contribution in [0.15, 0.2) is 30.3 Å². The van der Waals surface area contributed by atoms with Gasteiger partial charge in [-0.15, -0.1) is 0 Å². The smallest absolute Gasteiger partial charge is 0.330 e. The van der Waals surface area contributed by atoms with E-state index in [0.717, 1.165) is 5.23 Å². The van der Waals surface area contributed by atoms with E-state index < -0.39 is 12.0 Å². The summed E-state index contributed by atoms with van der Waals surface area (Å²) in [6.45, 7) is 0.